The maximum absolute atomic E-state index is 9.18. The number of benzene rings is 1. The summed E-state index contributed by atoms with van der Waals surface area (Å²) in [6.07, 6.45) is 1.05. The van der Waals surface area contributed by atoms with Crippen molar-refractivity contribution in [3.05, 3.63) is 35.4 Å². The highest BCUT2D eigenvalue weighted by molar-refractivity contribution is 5.85. The minimum absolute atomic E-state index is 0. The first-order chi connectivity index (χ1) is 8.36. The molecular weight excluding hydrogens is 281 g/mol. The fraction of sp³-hybridized carbons (Fsp3) is 0.500. The van der Waals surface area contributed by atoms with Crippen LogP contribution in [0.25, 0.3) is 0 Å². The van der Waals surface area contributed by atoms with Crippen LogP contribution in [0.15, 0.2) is 24.3 Å². The molecule has 3 nitrogen and oxygen atoms in total. The van der Waals surface area contributed by atoms with Crippen molar-refractivity contribution in [3.63, 3.8) is 0 Å². The molecule has 1 heterocycles. The zero-order valence-corrected chi connectivity index (χ0v) is 12.8. The highest BCUT2D eigenvalue weighted by Crippen LogP contribution is 2.26. The summed E-state index contributed by atoms with van der Waals surface area (Å²) >= 11 is 0. The summed E-state index contributed by atoms with van der Waals surface area (Å²) in [6, 6.07) is 10.7. The Morgan fingerprint density at radius 3 is 2.47 bits per heavy atom. The number of piperazine rings is 1. The topological polar surface area (TPSA) is 39.1 Å². The lowest BCUT2D eigenvalue weighted by Crippen LogP contribution is -2.45. The summed E-state index contributed by atoms with van der Waals surface area (Å²) in [4.78, 5) is 2.48. The third-order valence-electron chi connectivity index (χ3n) is 3.42. The Morgan fingerprint density at radius 2 is 1.89 bits per heavy atom. The molecule has 1 atom stereocenters. The largest absolute Gasteiger partial charge is 0.314 e. The molecule has 1 fully saturated rings. The Bertz CT molecular complexity index is 411. The lowest BCUT2D eigenvalue weighted by atomic mass is 9.97. The van der Waals surface area contributed by atoms with E-state index in [2.05, 4.69) is 29.3 Å². The van der Waals surface area contributed by atoms with Crippen LogP contribution < -0.4 is 5.32 Å². The van der Waals surface area contributed by atoms with E-state index in [0.29, 0.717) is 6.04 Å². The lowest BCUT2D eigenvalue weighted by Gasteiger charge is -2.35. The molecule has 1 saturated heterocycles. The van der Waals surface area contributed by atoms with E-state index in [-0.39, 0.29) is 24.8 Å². The van der Waals surface area contributed by atoms with Crippen LogP contribution in [-0.4, -0.2) is 31.1 Å². The average Bonchev–Trinajstić information content (AvgIpc) is 2.41. The van der Waals surface area contributed by atoms with Gasteiger partial charge < -0.3 is 5.32 Å². The van der Waals surface area contributed by atoms with Crippen LogP contribution in [0.3, 0.4) is 0 Å². The monoisotopic (exact) mass is 301 g/mol. The summed E-state index contributed by atoms with van der Waals surface area (Å²) < 4.78 is 0. The van der Waals surface area contributed by atoms with Gasteiger partial charge in [0.1, 0.15) is 0 Å². The Labute approximate surface area is 127 Å². The summed E-state index contributed by atoms with van der Waals surface area (Å²) in [6.45, 7) is 6.42. The molecule has 0 aliphatic carbocycles. The van der Waals surface area contributed by atoms with Gasteiger partial charge in [0.25, 0.3) is 0 Å². The Hall–Kier alpha value is -0.790. The quantitative estimate of drug-likeness (QED) is 0.933. The number of nitrogens with zero attached hydrogens (tertiary/aromatic N) is 2. The predicted molar refractivity (Wildman–Crippen MR) is 83.1 cm³/mol. The minimum atomic E-state index is 0. The van der Waals surface area contributed by atoms with Crippen molar-refractivity contribution in [2.75, 3.05) is 26.2 Å². The molecule has 19 heavy (non-hydrogen) atoms. The van der Waals surface area contributed by atoms with Gasteiger partial charge in [0.15, 0.2) is 0 Å². The van der Waals surface area contributed by atoms with Crippen molar-refractivity contribution in [2.24, 2.45) is 0 Å². The third-order valence-corrected chi connectivity index (χ3v) is 3.42. The average molecular weight is 302 g/mol. The molecule has 0 radical (unpaired) electrons. The third kappa shape index (κ3) is 4.36. The second-order valence-electron chi connectivity index (χ2n) is 4.41. The summed E-state index contributed by atoms with van der Waals surface area (Å²) in [5.74, 6) is 0. The van der Waals surface area contributed by atoms with Crippen LogP contribution in [0.1, 0.15) is 30.5 Å². The zero-order valence-electron chi connectivity index (χ0n) is 11.1. The number of nitrogens with one attached hydrogen (secondary N) is 1. The van der Waals surface area contributed by atoms with Crippen molar-refractivity contribution in [1.29, 1.82) is 5.26 Å². The van der Waals surface area contributed by atoms with E-state index in [4.69, 9.17) is 0 Å². The second kappa shape index (κ2) is 9.17. The van der Waals surface area contributed by atoms with Crippen molar-refractivity contribution in [2.45, 2.75) is 19.4 Å². The van der Waals surface area contributed by atoms with Gasteiger partial charge in [-0.2, -0.15) is 5.26 Å². The minimum Gasteiger partial charge on any atom is -0.314 e. The standard InChI is InChI=1S/C14H19N3.2ClH/c1-2-14(17-9-7-16-8-10-17)13-6-4-3-5-12(13)11-15;;/h3-6,14,16H,2,7-10H2,1H3;2*1H/t14-;;/m1../s1. The lowest BCUT2D eigenvalue weighted by molar-refractivity contribution is 0.169. The van der Waals surface area contributed by atoms with Gasteiger partial charge in [-0.1, -0.05) is 25.1 Å². The molecule has 1 aliphatic heterocycles. The number of halogens is 2. The summed E-state index contributed by atoms with van der Waals surface area (Å²) in [7, 11) is 0. The van der Waals surface area contributed by atoms with Crippen LogP contribution in [-0.2, 0) is 0 Å². The fourth-order valence-electron chi connectivity index (χ4n) is 2.56. The van der Waals surface area contributed by atoms with Crippen LogP contribution in [0, 0.1) is 11.3 Å². The second-order valence-corrected chi connectivity index (χ2v) is 4.41. The normalized spacial score (nSPS) is 16.6. The Kier molecular flexibility index (Phi) is 8.79. The molecule has 2 rings (SSSR count). The number of rotatable bonds is 3. The van der Waals surface area contributed by atoms with Crippen molar-refractivity contribution >= 4 is 24.8 Å². The first-order valence-electron chi connectivity index (χ1n) is 6.30. The molecular formula is C14H21Cl2N3. The smallest absolute Gasteiger partial charge is 0.0995 e. The molecule has 1 aromatic carbocycles. The molecule has 0 bridgehead atoms. The fourth-order valence-corrected chi connectivity index (χ4v) is 2.56. The highest BCUT2D eigenvalue weighted by Gasteiger charge is 2.22. The van der Waals surface area contributed by atoms with Gasteiger partial charge in [0.05, 0.1) is 11.6 Å². The van der Waals surface area contributed by atoms with E-state index >= 15 is 0 Å². The van der Waals surface area contributed by atoms with Gasteiger partial charge in [0, 0.05) is 32.2 Å². The van der Waals surface area contributed by atoms with Gasteiger partial charge in [-0.3, -0.25) is 4.90 Å². The van der Waals surface area contributed by atoms with Crippen LogP contribution >= 0.6 is 24.8 Å². The van der Waals surface area contributed by atoms with Gasteiger partial charge >= 0.3 is 0 Å². The molecule has 1 aliphatic rings. The Morgan fingerprint density at radius 1 is 1.26 bits per heavy atom. The van der Waals surface area contributed by atoms with Crippen LogP contribution in [0.5, 0.6) is 0 Å². The van der Waals surface area contributed by atoms with Crippen molar-refractivity contribution in [1.82, 2.24) is 10.2 Å². The molecule has 0 saturated carbocycles. The molecule has 0 aromatic heterocycles. The van der Waals surface area contributed by atoms with E-state index in [1.54, 1.807) is 0 Å². The maximum atomic E-state index is 9.18. The first-order valence-corrected chi connectivity index (χ1v) is 6.30. The van der Waals surface area contributed by atoms with Gasteiger partial charge in [-0.05, 0) is 18.1 Å². The highest BCUT2D eigenvalue weighted by atomic mass is 35.5. The molecule has 0 amide bonds. The molecule has 0 spiro atoms. The van der Waals surface area contributed by atoms with Crippen molar-refractivity contribution in [3.8, 4) is 6.07 Å². The molecule has 1 N–H and O–H groups in total. The summed E-state index contributed by atoms with van der Waals surface area (Å²) in [5.41, 5.74) is 2.00. The number of hydrogen-bond acceptors (Lipinski definition) is 3. The molecule has 106 valence electrons. The van der Waals surface area contributed by atoms with Crippen molar-refractivity contribution < 1.29 is 0 Å². The van der Waals surface area contributed by atoms with Gasteiger partial charge in [0.2, 0.25) is 0 Å². The van der Waals surface area contributed by atoms with Crippen LogP contribution in [0.4, 0.5) is 0 Å². The molecule has 5 heteroatoms. The van der Waals surface area contributed by atoms with E-state index < -0.39 is 0 Å². The first kappa shape index (κ1) is 18.2. The van der Waals surface area contributed by atoms with Gasteiger partial charge in [-0.25, -0.2) is 0 Å². The predicted octanol–water partition coefficient (Wildman–Crippen LogP) is 2.76. The van der Waals surface area contributed by atoms with E-state index in [0.717, 1.165) is 38.2 Å². The SMILES string of the molecule is CC[C@H](c1ccccc1C#N)N1CCNCC1.Cl.Cl. The van der Waals surface area contributed by atoms with E-state index in [1.165, 1.54) is 5.56 Å². The van der Waals surface area contributed by atoms with E-state index in [1.807, 2.05) is 18.2 Å². The molecule has 0 unspecified atom stereocenters. The zero-order chi connectivity index (χ0) is 12.1. The van der Waals surface area contributed by atoms with Gasteiger partial charge in [-0.15, -0.1) is 24.8 Å². The number of nitriles is 1. The van der Waals surface area contributed by atoms with E-state index in [9.17, 15) is 5.26 Å². The van der Waals surface area contributed by atoms with Crippen LogP contribution in [0.2, 0.25) is 0 Å². The number of hydrogen-bond donors (Lipinski definition) is 1. The molecule has 1 aromatic rings. The Balaban J connectivity index is 0.00000162. The maximum Gasteiger partial charge on any atom is 0.0995 e. The summed E-state index contributed by atoms with van der Waals surface area (Å²) in [5, 5.41) is 12.5.